The Hall–Kier alpha value is -3.44. The molecule has 1 saturated carbocycles. The lowest BCUT2D eigenvalue weighted by molar-refractivity contribution is -0.128. The molecule has 14 heteroatoms. The summed E-state index contributed by atoms with van der Waals surface area (Å²) in [6.07, 6.45) is 3.62. The normalized spacial score (nSPS) is 23.4. The molecular weight excluding hydrogens is 628 g/mol. The quantitative estimate of drug-likeness (QED) is 0.279. The minimum absolute atomic E-state index is 0.176. The number of benzene rings is 1. The van der Waals surface area contributed by atoms with Crippen LogP contribution in [0.5, 0.6) is 6.01 Å². The first kappa shape index (κ1) is 33.9. The SMILES string of the molecule is [C-]#[N+]C[C@H]1CN(c2nc(OCC3(N(C)C)CCC(S(=O)(=O)N(C)C)C3)nc3c2CCN(c2ccccc2Cl)C3)CCN1C(=O)C=C. The second kappa shape index (κ2) is 13.7. The maximum absolute atomic E-state index is 13.0. The standard InChI is InChI=1S/C32H43ClN8O4S/c1-7-29(42)41-17-16-40(20-23(41)19-34-2)30-25-13-15-39(28-11-9-8-10-26(28)33)21-27(25)35-31(36-30)45-22-32(37(3)4)14-12-24(18-32)46(43,44)38(5)6/h7-11,23-24H,1,12-22H2,3-6H3/t23-,24?,32?/m0/s1. The topological polar surface area (TPSA) is 107 Å². The maximum atomic E-state index is 13.0. The van der Waals surface area contributed by atoms with Gasteiger partial charge < -0.3 is 29.2 Å². The first-order chi connectivity index (χ1) is 21.9. The second-order valence-corrected chi connectivity index (χ2v) is 15.5. The number of carbonyl (C=O) groups is 1. The summed E-state index contributed by atoms with van der Waals surface area (Å²) < 4.78 is 33.7. The van der Waals surface area contributed by atoms with Crippen molar-refractivity contribution in [2.75, 3.05) is 77.3 Å². The molecule has 3 heterocycles. The zero-order chi connectivity index (χ0) is 33.2. The molecule has 0 radical (unpaired) electrons. The van der Waals surface area contributed by atoms with E-state index in [1.54, 1.807) is 19.0 Å². The molecule has 0 spiro atoms. The maximum Gasteiger partial charge on any atom is 0.318 e. The predicted molar refractivity (Wildman–Crippen MR) is 180 cm³/mol. The molecule has 0 N–H and O–H groups in total. The van der Waals surface area contributed by atoms with Crippen LogP contribution in [0.2, 0.25) is 5.02 Å². The number of likely N-dealkylation sites (N-methyl/N-ethyl adjacent to an activating group) is 1. The van der Waals surface area contributed by atoms with Gasteiger partial charge in [-0.05, 0) is 58.0 Å². The lowest BCUT2D eigenvalue weighted by Gasteiger charge is -2.41. The molecule has 2 aliphatic heterocycles. The van der Waals surface area contributed by atoms with Crippen LogP contribution in [-0.4, -0.2) is 123 Å². The highest BCUT2D eigenvalue weighted by molar-refractivity contribution is 7.89. The Morgan fingerprint density at radius 1 is 1.20 bits per heavy atom. The Morgan fingerprint density at radius 3 is 2.63 bits per heavy atom. The number of ether oxygens (including phenoxy) is 1. The highest BCUT2D eigenvalue weighted by atomic mass is 35.5. The molecule has 1 aromatic heterocycles. The molecule has 1 aliphatic carbocycles. The minimum Gasteiger partial charge on any atom is -0.461 e. The zero-order valence-electron chi connectivity index (χ0n) is 27.0. The van der Waals surface area contributed by atoms with Gasteiger partial charge in [-0.15, -0.1) is 0 Å². The van der Waals surface area contributed by atoms with Gasteiger partial charge in [0.15, 0.2) is 0 Å². The summed E-state index contributed by atoms with van der Waals surface area (Å²) in [4.78, 5) is 34.2. The van der Waals surface area contributed by atoms with E-state index in [1.165, 1.54) is 10.4 Å². The Morgan fingerprint density at radius 2 is 1.96 bits per heavy atom. The van der Waals surface area contributed by atoms with Crippen molar-refractivity contribution in [3.8, 4) is 6.01 Å². The number of hydrogen-bond donors (Lipinski definition) is 0. The number of aromatic nitrogens is 2. The van der Waals surface area contributed by atoms with E-state index in [2.05, 4.69) is 26.1 Å². The van der Waals surface area contributed by atoms with Gasteiger partial charge >= 0.3 is 6.01 Å². The molecule has 2 fully saturated rings. The van der Waals surface area contributed by atoms with Crippen molar-refractivity contribution in [1.29, 1.82) is 0 Å². The number of para-hydroxylation sites is 1. The highest BCUT2D eigenvalue weighted by Gasteiger charge is 2.47. The fraction of sp³-hybridized carbons (Fsp3) is 0.562. The molecular formula is C32H43ClN8O4S. The Kier molecular flexibility index (Phi) is 10.1. The van der Waals surface area contributed by atoms with Gasteiger partial charge in [-0.2, -0.15) is 9.97 Å². The van der Waals surface area contributed by atoms with Gasteiger partial charge in [0.2, 0.25) is 22.5 Å². The average Bonchev–Trinajstić information content (AvgIpc) is 3.50. The van der Waals surface area contributed by atoms with Gasteiger partial charge in [0.05, 0.1) is 33.7 Å². The average molecular weight is 671 g/mol. The number of hydrogen-bond acceptors (Lipinski definition) is 9. The van der Waals surface area contributed by atoms with Crippen LogP contribution in [0.4, 0.5) is 11.5 Å². The molecule has 1 amide bonds. The van der Waals surface area contributed by atoms with Crippen molar-refractivity contribution >= 4 is 39.0 Å². The zero-order valence-corrected chi connectivity index (χ0v) is 28.6. The molecule has 248 valence electrons. The molecule has 1 saturated heterocycles. The highest BCUT2D eigenvalue weighted by Crippen LogP contribution is 2.39. The Bertz CT molecular complexity index is 1610. The summed E-state index contributed by atoms with van der Waals surface area (Å²) in [6, 6.07) is 7.66. The van der Waals surface area contributed by atoms with Gasteiger partial charge in [-0.3, -0.25) is 4.79 Å². The number of rotatable bonds is 10. The summed E-state index contributed by atoms with van der Waals surface area (Å²) in [5.41, 5.74) is 2.27. The van der Waals surface area contributed by atoms with Crippen LogP contribution in [-0.2, 0) is 27.8 Å². The number of halogens is 1. The van der Waals surface area contributed by atoms with E-state index < -0.39 is 20.8 Å². The van der Waals surface area contributed by atoms with E-state index in [9.17, 15) is 13.2 Å². The first-order valence-corrected chi connectivity index (χ1v) is 17.4. The number of sulfonamides is 1. The van der Waals surface area contributed by atoms with Crippen molar-refractivity contribution in [3.05, 3.63) is 64.6 Å². The lowest BCUT2D eigenvalue weighted by Crippen LogP contribution is -2.56. The number of anilines is 2. The molecule has 2 unspecified atom stereocenters. The van der Waals surface area contributed by atoms with E-state index in [0.717, 1.165) is 29.3 Å². The van der Waals surface area contributed by atoms with Crippen molar-refractivity contribution in [2.45, 2.75) is 49.1 Å². The third kappa shape index (κ3) is 6.67. The number of piperazine rings is 1. The largest absolute Gasteiger partial charge is 0.461 e. The first-order valence-electron chi connectivity index (χ1n) is 15.5. The number of fused-ring (bicyclic) bond motifs is 1. The van der Waals surface area contributed by atoms with Crippen LogP contribution in [0.1, 0.15) is 30.5 Å². The van der Waals surface area contributed by atoms with Crippen LogP contribution in [0.25, 0.3) is 4.85 Å². The molecule has 3 atom stereocenters. The smallest absolute Gasteiger partial charge is 0.318 e. The van der Waals surface area contributed by atoms with E-state index in [4.69, 9.17) is 32.9 Å². The fourth-order valence-electron chi connectivity index (χ4n) is 6.82. The van der Waals surface area contributed by atoms with Crippen LogP contribution in [0.3, 0.4) is 0 Å². The monoisotopic (exact) mass is 670 g/mol. The minimum atomic E-state index is -3.41. The third-order valence-corrected chi connectivity index (χ3v) is 12.2. The van der Waals surface area contributed by atoms with Gasteiger partial charge in [0.1, 0.15) is 18.5 Å². The van der Waals surface area contributed by atoms with Crippen LogP contribution in [0.15, 0.2) is 36.9 Å². The molecule has 3 aliphatic rings. The predicted octanol–water partition coefficient (Wildman–Crippen LogP) is 2.94. The summed E-state index contributed by atoms with van der Waals surface area (Å²) in [6.45, 7) is 14.2. The number of amides is 1. The molecule has 1 aromatic carbocycles. The van der Waals surface area contributed by atoms with Crippen molar-refractivity contribution < 1.29 is 17.9 Å². The van der Waals surface area contributed by atoms with Crippen molar-refractivity contribution in [3.63, 3.8) is 0 Å². The van der Waals surface area contributed by atoms with Crippen molar-refractivity contribution in [1.82, 2.24) is 24.1 Å². The molecule has 5 rings (SSSR count). The lowest BCUT2D eigenvalue weighted by atomic mass is 9.97. The second-order valence-electron chi connectivity index (χ2n) is 12.7. The molecule has 2 aromatic rings. The summed E-state index contributed by atoms with van der Waals surface area (Å²) in [5, 5.41) is 0.171. The van der Waals surface area contributed by atoms with E-state index in [-0.39, 0.29) is 31.1 Å². The summed E-state index contributed by atoms with van der Waals surface area (Å²) >= 11 is 6.58. The summed E-state index contributed by atoms with van der Waals surface area (Å²) in [5.74, 6) is 0.565. The van der Waals surface area contributed by atoms with E-state index in [1.807, 2.05) is 38.4 Å². The van der Waals surface area contributed by atoms with Gasteiger partial charge in [0, 0.05) is 45.8 Å². The molecule has 46 heavy (non-hydrogen) atoms. The number of carbonyl (C=O) groups excluding carboxylic acids is 1. The van der Waals surface area contributed by atoms with Crippen LogP contribution >= 0.6 is 11.6 Å². The van der Waals surface area contributed by atoms with Crippen molar-refractivity contribution in [2.24, 2.45) is 0 Å². The molecule has 12 nitrogen and oxygen atoms in total. The van der Waals surface area contributed by atoms with Gasteiger partial charge in [-0.1, -0.05) is 30.3 Å². The Balaban J connectivity index is 1.47. The Labute approximate surface area is 277 Å². The van der Waals surface area contributed by atoms with E-state index in [0.29, 0.717) is 56.9 Å². The summed E-state index contributed by atoms with van der Waals surface area (Å²) in [7, 11) is 3.64. The van der Waals surface area contributed by atoms with E-state index >= 15 is 0 Å². The van der Waals surface area contributed by atoms with Crippen LogP contribution < -0.4 is 14.5 Å². The van der Waals surface area contributed by atoms with Crippen LogP contribution in [0, 0.1) is 6.57 Å². The molecule has 0 bridgehead atoms. The fourth-order valence-corrected chi connectivity index (χ4v) is 8.61. The third-order valence-electron chi connectivity index (χ3n) is 9.65. The number of nitrogens with zero attached hydrogens (tertiary/aromatic N) is 8. The van der Waals surface area contributed by atoms with Gasteiger partial charge in [0.25, 0.3) is 0 Å². The van der Waals surface area contributed by atoms with Gasteiger partial charge in [-0.25, -0.2) is 19.3 Å².